The van der Waals surface area contributed by atoms with E-state index in [0.29, 0.717) is 24.3 Å². The number of ether oxygens (including phenoxy) is 1. The van der Waals surface area contributed by atoms with Crippen LogP contribution in [0.25, 0.3) is 0 Å². The van der Waals surface area contributed by atoms with Crippen LogP contribution in [-0.2, 0) is 11.3 Å². The first-order valence-corrected chi connectivity index (χ1v) is 9.12. The zero-order valence-electron chi connectivity index (χ0n) is 16.0. The van der Waals surface area contributed by atoms with Crippen LogP contribution in [0.4, 0.5) is 5.69 Å². The number of hydrogen-bond donors (Lipinski definition) is 3. The molecule has 2 rings (SSSR count). The zero-order chi connectivity index (χ0) is 19.6. The minimum absolute atomic E-state index is 0.123. The van der Waals surface area contributed by atoms with Crippen LogP contribution in [0.3, 0.4) is 0 Å². The third kappa shape index (κ3) is 7.11. The molecule has 0 saturated heterocycles. The van der Waals surface area contributed by atoms with E-state index in [2.05, 4.69) is 16.0 Å². The maximum Gasteiger partial charge on any atom is 0.251 e. The van der Waals surface area contributed by atoms with Crippen LogP contribution in [0, 0.1) is 0 Å². The van der Waals surface area contributed by atoms with Gasteiger partial charge >= 0.3 is 0 Å². The number of carbonyl (C=O) groups excluding carboxylic acids is 2. The molecule has 0 fully saturated rings. The number of benzene rings is 2. The van der Waals surface area contributed by atoms with Crippen molar-refractivity contribution in [1.82, 2.24) is 10.6 Å². The van der Waals surface area contributed by atoms with Crippen molar-refractivity contribution in [2.45, 2.75) is 33.4 Å². The Morgan fingerprint density at radius 1 is 1.00 bits per heavy atom. The Labute approximate surface area is 160 Å². The molecule has 0 aliphatic carbocycles. The minimum atomic E-state index is -0.138. The van der Waals surface area contributed by atoms with E-state index in [0.717, 1.165) is 11.3 Å². The molecule has 2 aromatic carbocycles. The summed E-state index contributed by atoms with van der Waals surface area (Å²) < 4.78 is 5.61. The number of amides is 2. The largest absolute Gasteiger partial charge is 0.491 e. The summed E-state index contributed by atoms with van der Waals surface area (Å²) in [5.74, 6) is 0.574. The third-order valence-electron chi connectivity index (χ3n) is 3.68. The van der Waals surface area contributed by atoms with Gasteiger partial charge < -0.3 is 20.7 Å². The second-order valence-corrected chi connectivity index (χ2v) is 6.40. The molecule has 0 unspecified atom stereocenters. The summed E-state index contributed by atoms with van der Waals surface area (Å²) in [5, 5.41) is 8.65. The van der Waals surface area contributed by atoms with Crippen LogP contribution < -0.4 is 20.7 Å². The molecule has 0 spiro atoms. The average Bonchev–Trinajstić information content (AvgIpc) is 2.63. The van der Waals surface area contributed by atoms with E-state index in [1.807, 2.05) is 45.0 Å². The van der Waals surface area contributed by atoms with Crippen molar-refractivity contribution >= 4 is 17.5 Å². The first-order chi connectivity index (χ1) is 13.0. The Bertz CT molecular complexity index is 740. The molecule has 0 radical (unpaired) electrons. The Kier molecular flexibility index (Phi) is 7.82. The molecule has 144 valence electrons. The lowest BCUT2D eigenvalue weighted by Gasteiger charge is -2.11. The van der Waals surface area contributed by atoms with Crippen molar-refractivity contribution in [2.24, 2.45) is 0 Å². The molecule has 27 heavy (non-hydrogen) atoms. The molecule has 2 aromatic rings. The second-order valence-electron chi connectivity index (χ2n) is 6.40. The molecular weight excluding hydrogens is 342 g/mol. The molecule has 0 saturated carbocycles. The summed E-state index contributed by atoms with van der Waals surface area (Å²) in [6, 6.07) is 14.6. The fourth-order valence-corrected chi connectivity index (χ4v) is 2.45. The summed E-state index contributed by atoms with van der Waals surface area (Å²) in [5.41, 5.74) is 2.30. The highest BCUT2D eigenvalue weighted by Gasteiger charge is 2.06. The molecule has 0 aromatic heterocycles. The van der Waals surface area contributed by atoms with Gasteiger partial charge in [-0.1, -0.05) is 12.1 Å². The fraction of sp³-hybridized carbons (Fsp3) is 0.333. The number of nitrogens with one attached hydrogen (secondary N) is 3. The predicted molar refractivity (Wildman–Crippen MR) is 107 cm³/mol. The van der Waals surface area contributed by atoms with E-state index in [1.54, 1.807) is 24.3 Å². The highest BCUT2D eigenvalue weighted by Crippen LogP contribution is 2.13. The highest BCUT2D eigenvalue weighted by molar-refractivity contribution is 5.96. The molecule has 0 aliphatic rings. The van der Waals surface area contributed by atoms with E-state index < -0.39 is 0 Å². The van der Waals surface area contributed by atoms with Gasteiger partial charge in [-0.3, -0.25) is 9.59 Å². The van der Waals surface area contributed by atoms with Gasteiger partial charge in [0.05, 0.1) is 12.6 Å². The van der Waals surface area contributed by atoms with Crippen LogP contribution in [0.1, 0.15) is 36.7 Å². The van der Waals surface area contributed by atoms with Gasteiger partial charge in [-0.25, -0.2) is 0 Å². The second kappa shape index (κ2) is 10.3. The van der Waals surface area contributed by atoms with Crippen molar-refractivity contribution in [2.75, 3.05) is 18.4 Å². The van der Waals surface area contributed by atoms with Crippen LogP contribution in [-0.4, -0.2) is 31.0 Å². The van der Waals surface area contributed by atoms with Crippen molar-refractivity contribution in [3.63, 3.8) is 0 Å². The SMILES string of the molecule is CCNC(=O)c1ccc(NC(=O)CNCc2ccc(OC(C)C)cc2)cc1. The maximum atomic E-state index is 12.0. The Balaban J connectivity index is 1.75. The van der Waals surface area contributed by atoms with Gasteiger partial charge in [-0.05, 0) is 62.7 Å². The molecule has 0 atom stereocenters. The maximum absolute atomic E-state index is 12.0. The summed E-state index contributed by atoms with van der Waals surface area (Å²) in [6.45, 7) is 7.21. The lowest BCUT2D eigenvalue weighted by atomic mass is 10.2. The zero-order valence-corrected chi connectivity index (χ0v) is 16.0. The van der Waals surface area contributed by atoms with Gasteiger partial charge in [0.2, 0.25) is 5.91 Å². The van der Waals surface area contributed by atoms with E-state index in [-0.39, 0.29) is 24.5 Å². The lowest BCUT2D eigenvalue weighted by Crippen LogP contribution is -2.27. The number of anilines is 1. The van der Waals surface area contributed by atoms with E-state index in [1.165, 1.54) is 0 Å². The lowest BCUT2D eigenvalue weighted by molar-refractivity contribution is -0.115. The molecule has 0 aliphatic heterocycles. The first kappa shape index (κ1) is 20.5. The first-order valence-electron chi connectivity index (χ1n) is 9.12. The summed E-state index contributed by atoms with van der Waals surface area (Å²) in [7, 11) is 0. The molecule has 3 N–H and O–H groups in total. The Hall–Kier alpha value is -2.86. The van der Waals surface area contributed by atoms with Gasteiger partial charge in [-0.2, -0.15) is 0 Å². The number of rotatable bonds is 9. The van der Waals surface area contributed by atoms with Crippen molar-refractivity contribution in [3.05, 3.63) is 59.7 Å². The molecule has 0 heterocycles. The quantitative estimate of drug-likeness (QED) is 0.635. The topological polar surface area (TPSA) is 79.5 Å². The van der Waals surface area contributed by atoms with Crippen molar-refractivity contribution < 1.29 is 14.3 Å². The van der Waals surface area contributed by atoms with Gasteiger partial charge in [0.15, 0.2) is 0 Å². The number of carbonyl (C=O) groups is 2. The molecule has 2 amide bonds. The fourth-order valence-electron chi connectivity index (χ4n) is 2.45. The molecule has 6 heteroatoms. The monoisotopic (exact) mass is 369 g/mol. The molecular formula is C21H27N3O3. The van der Waals surface area contributed by atoms with Crippen molar-refractivity contribution in [1.29, 1.82) is 0 Å². The van der Waals surface area contributed by atoms with Gasteiger partial charge in [0.1, 0.15) is 5.75 Å². The Morgan fingerprint density at radius 3 is 2.26 bits per heavy atom. The highest BCUT2D eigenvalue weighted by atomic mass is 16.5. The average molecular weight is 369 g/mol. The van der Waals surface area contributed by atoms with Crippen LogP contribution in [0.15, 0.2) is 48.5 Å². The predicted octanol–water partition coefficient (Wildman–Crippen LogP) is 2.95. The van der Waals surface area contributed by atoms with Gasteiger partial charge in [0, 0.05) is 24.3 Å². The minimum Gasteiger partial charge on any atom is -0.491 e. The molecule has 0 bridgehead atoms. The van der Waals surface area contributed by atoms with E-state index in [4.69, 9.17) is 4.74 Å². The normalized spacial score (nSPS) is 10.5. The smallest absolute Gasteiger partial charge is 0.251 e. The molecule has 6 nitrogen and oxygen atoms in total. The number of hydrogen-bond acceptors (Lipinski definition) is 4. The van der Waals surface area contributed by atoms with E-state index >= 15 is 0 Å². The van der Waals surface area contributed by atoms with Crippen LogP contribution >= 0.6 is 0 Å². The summed E-state index contributed by atoms with van der Waals surface area (Å²) in [4.78, 5) is 23.7. The van der Waals surface area contributed by atoms with Crippen LogP contribution in [0.5, 0.6) is 5.75 Å². The summed E-state index contributed by atoms with van der Waals surface area (Å²) in [6.07, 6.45) is 0.146. The van der Waals surface area contributed by atoms with Gasteiger partial charge in [-0.15, -0.1) is 0 Å². The standard InChI is InChI=1S/C21H27N3O3/c1-4-23-21(26)17-7-9-18(10-8-17)24-20(25)14-22-13-16-5-11-19(12-6-16)27-15(2)3/h5-12,15,22H,4,13-14H2,1-3H3,(H,23,26)(H,24,25). The Morgan fingerprint density at radius 2 is 1.67 bits per heavy atom. The van der Waals surface area contributed by atoms with Crippen LogP contribution in [0.2, 0.25) is 0 Å². The van der Waals surface area contributed by atoms with Gasteiger partial charge in [0.25, 0.3) is 5.91 Å². The van der Waals surface area contributed by atoms with E-state index in [9.17, 15) is 9.59 Å². The summed E-state index contributed by atoms with van der Waals surface area (Å²) >= 11 is 0. The van der Waals surface area contributed by atoms with Crippen molar-refractivity contribution in [3.8, 4) is 5.75 Å². The third-order valence-corrected chi connectivity index (χ3v) is 3.68.